The maximum absolute atomic E-state index is 12.7. The fourth-order valence-corrected chi connectivity index (χ4v) is 2.25. The third kappa shape index (κ3) is 3.28. The van der Waals surface area contributed by atoms with E-state index in [1.165, 1.54) is 7.11 Å². The summed E-state index contributed by atoms with van der Waals surface area (Å²) in [4.78, 5) is 14.3. The number of carbonyl (C=O) groups excluding carboxylic acids is 1. The number of carbonyl (C=O) groups is 1. The van der Waals surface area contributed by atoms with Gasteiger partial charge in [-0.2, -0.15) is 0 Å². The van der Waals surface area contributed by atoms with Gasteiger partial charge in [-0.05, 0) is 37.3 Å². The molecular formula is C16H16ClNO3. The first-order valence-electron chi connectivity index (χ1n) is 6.51. The van der Waals surface area contributed by atoms with Gasteiger partial charge in [0, 0.05) is 23.3 Å². The lowest BCUT2D eigenvalue weighted by molar-refractivity contribution is 0.0985. The summed E-state index contributed by atoms with van der Waals surface area (Å²) in [6, 6.07) is 11.4. The van der Waals surface area contributed by atoms with Crippen LogP contribution in [0.4, 0.5) is 5.69 Å². The predicted octanol–water partition coefficient (Wildman–Crippen LogP) is 3.72. The molecule has 0 unspecified atom stereocenters. The normalized spacial score (nSPS) is 10.2. The highest BCUT2D eigenvalue weighted by atomic mass is 35.5. The second-order valence-electron chi connectivity index (χ2n) is 4.41. The van der Waals surface area contributed by atoms with Gasteiger partial charge in [0.2, 0.25) is 0 Å². The van der Waals surface area contributed by atoms with Crippen LogP contribution in [0.15, 0.2) is 42.5 Å². The molecule has 2 aromatic rings. The number of nitrogens with zero attached hydrogens (tertiary/aromatic N) is 1. The average molecular weight is 306 g/mol. The monoisotopic (exact) mass is 305 g/mol. The molecular weight excluding hydrogens is 290 g/mol. The Labute approximate surface area is 128 Å². The van der Waals surface area contributed by atoms with Crippen molar-refractivity contribution in [3.8, 4) is 11.5 Å². The summed E-state index contributed by atoms with van der Waals surface area (Å²) >= 11 is 5.91. The van der Waals surface area contributed by atoms with E-state index in [1.807, 2.05) is 6.92 Å². The van der Waals surface area contributed by atoms with E-state index in [0.717, 1.165) is 0 Å². The van der Waals surface area contributed by atoms with Crippen LogP contribution in [0.2, 0.25) is 5.02 Å². The van der Waals surface area contributed by atoms with Crippen LogP contribution in [0.5, 0.6) is 11.5 Å². The zero-order valence-corrected chi connectivity index (χ0v) is 12.6. The Balaban J connectivity index is 2.41. The van der Waals surface area contributed by atoms with Gasteiger partial charge in [-0.1, -0.05) is 17.7 Å². The standard InChI is InChI=1S/C16H16ClNO3/c1-3-18(12-5-4-6-13(19)10-12)16(20)14-8-7-11(17)9-15(14)21-2/h4-10,19H,3H2,1-2H3. The molecule has 0 saturated heterocycles. The summed E-state index contributed by atoms with van der Waals surface area (Å²) in [5.41, 5.74) is 1.05. The number of methoxy groups -OCH3 is 1. The van der Waals surface area contributed by atoms with Crippen LogP contribution in [0.1, 0.15) is 17.3 Å². The summed E-state index contributed by atoms with van der Waals surface area (Å²) in [7, 11) is 1.49. The van der Waals surface area contributed by atoms with Crippen molar-refractivity contribution in [2.45, 2.75) is 6.92 Å². The van der Waals surface area contributed by atoms with E-state index in [4.69, 9.17) is 16.3 Å². The van der Waals surface area contributed by atoms with Gasteiger partial charge in [0.1, 0.15) is 11.5 Å². The van der Waals surface area contributed by atoms with Crippen molar-refractivity contribution in [2.75, 3.05) is 18.6 Å². The van der Waals surface area contributed by atoms with E-state index in [2.05, 4.69) is 0 Å². The first-order chi connectivity index (χ1) is 10.1. The number of ether oxygens (including phenoxy) is 1. The smallest absolute Gasteiger partial charge is 0.262 e. The number of phenols is 1. The lowest BCUT2D eigenvalue weighted by Gasteiger charge is -2.22. The zero-order valence-electron chi connectivity index (χ0n) is 11.8. The molecule has 0 fully saturated rings. The molecule has 1 amide bonds. The molecule has 2 aromatic carbocycles. The van der Waals surface area contributed by atoms with Crippen molar-refractivity contribution in [1.82, 2.24) is 0 Å². The molecule has 0 aliphatic heterocycles. The highest BCUT2D eigenvalue weighted by Crippen LogP contribution is 2.27. The van der Waals surface area contributed by atoms with Crippen molar-refractivity contribution in [3.63, 3.8) is 0 Å². The Morgan fingerprint density at radius 3 is 2.67 bits per heavy atom. The minimum atomic E-state index is -0.211. The lowest BCUT2D eigenvalue weighted by Crippen LogP contribution is -2.30. The molecule has 0 spiro atoms. The van der Waals surface area contributed by atoms with Crippen molar-refractivity contribution in [1.29, 1.82) is 0 Å². The molecule has 21 heavy (non-hydrogen) atoms. The van der Waals surface area contributed by atoms with Gasteiger partial charge in [-0.3, -0.25) is 4.79 Å². The summed E-state index contributed by atoms with van der Waals surface area (Å²) < 4.78 is 5.22. The molecule has 0 saturated carbocycles. The van der Waals surface area contributed by atoms with E-state index in [9.17, 15) is 9.90 Å². The van der Waals surface area contributed by atoms with Crippen molar-refractivity contribution >= 4 is 23.2 Å². The largest absolute Gasteiger partial charge is 0.508 e. The molecule has 0 atom stereocenters. The molecule has 0 heterocycles. The van der Waals surface area contributed by atoms with Crippen LogP contribution in [0.3, 0.4) is 0 Å². The van der Waals surface area contributed by atoms with Crippen LogP contribution in [-0.2, 0) is 0 Å². The van der Waals surface area contributed by atoms with Gasteiger partial charge < -0.3 is 14.7 Å². The number of aromatic hydroxyl groups is 1. The second-order valence-corrected chi connectivity index (χ2v) is 4.85. The van der Waals surface area contributed by atoms with Crippen LogP contribution in [-0.4, -0.2) is 24.7 Å². The van der Waals surface area contributed by atoms with Crippen LogP contribution in [0.25, 0.3) is 0 Å². The SMILES string of the molecule is CCN(C(=O)c1ccc(Cl)cc1OC)c1cccc(O)c1. The molecule has 4 nitrogen and oxygen atoms in total. The molecule has 0 aliphatic rings. The van der Waals surface area contributed by atoms with E-state index in [1.54, 1.807) is 47.4 Å². The van der Waals surface area contributed by atoms with Crippen molar-refractivity contribution in [3.05, 3.63) is 53.1 Å². The maximum atomic E-state index is 12.7. The number of anilines is 1. The topological polar surface area (TPSA) is 49.8 Å². The lowest BCUT2D eigenvalue weighted by atomic mass is 10.1. The Kier molecular flexibility index (Phi) is 4.70. The molecule has 0 bridgehead atoms. The van der Waals surface area contributed by atoms with Gasteiger partial charge in [0.25, 0.3) is 5.91 Å². The van der Waals surface area contributed by atoms with Crippen molar-refractivity contribution < 1.29 is 14.6 Å². The summed E-state index contributed by atoms with van der Waals surface area (Å²) in [6.45, 7) is 2.33. The quantitative estimate of drug-likeness (QED) is 0.936. The van der Waals surface area contributed by atoms with E-state index >= 15 is 0 Å². The van der Waals surface area contributed by atoms with E-state index in [0.29, 0.717) is 28.6 Å². The average Bonchev–Trinajstić information content (AvgIpc) is 2.47. The van der Waals surface area contributed by atoms with Crippen LogP contribution >= 0.6 is 11.6 Å². The second kappa shape index (κ2) is 6.50. The Morgan fingerprint density at radius 2 is 2.05 bits per heavy atom. The number of benzene rings is 2. The summed E-state index contributed by atoms with van der Waals surface area (Å²) in [5, 5.41) is 10.1. The van der Waals surface area contributed by atoms with Crippen LogP contribution in [0, 0.1) is 0 Å². The molecule has 1 N–H and O–H groups in total. The van der Waals surface area contributed by atoms with Gasteiger partial charge in [-0.25, -0.2) is 0 Å². The third-order valence-corrected chi connectivity index (χ3v) is 3.33. The number of halogens is 1. The van der Waals surface area contributed by atoms with Crippen molar-refractivity contribution in [2.24, 2.45) is 0 Å². The molecule has 0 aromatic heterocycles. The van der Waals surface area contributed by atoms with Crippen LogP contribution < -0.4 is 9.64 Å². The molecule has 5 heteroatoms. The van der Waals surface area contributed by atoms with E-state index in [-0.39, 0.29) is 11.7 Å². The van der Waals surface area contributed by atoms with Gasteiger partial charge in [0.15, 0.2) is 0 Å². The molecule has 0 radical (unpaired) electrons. The maximum Gasteiger partial charge on any atom is 0.262 e. The number of amides is 1. The Morgan fingerprint density at radius 1 is 1.29 bits per heavy atom. The minimum Gasteiger partial charge on any atom is -0.508 e. The first kappa shape index (κ1) is 15.2. The predicted molar refractivity (Wildman–Crippen MR) is 83.5 cm³/mol. The molecule has 0 aliphatic carbocycles. The van der Waals surface area contributed by atoms with E-state index < -0.39 is 0 Å². The highest BCUT2D eigenvalue weighted by Gasteiger charge is 2.20. The molecule has 110 valence electrons. The highest BCUT2D eigenvalue weighted by molar-refractivity contribution is 6.31. The minimum absolute atomic E-state index is 0.113. The summed E-state index contributed by atoms with van der Waals surface area (Å²) in [5.74, 6) is 0.324. The first-order valence-corrected chi connectivity index (χ1v) is 6.89. The third-order valence-electron chi connectivity index (χ3n) is 3.10. The Hall–Kier alpha value is -2.20. The number of hydrogen-bond acceptors (Lipinski definition) is 3. The zero-order chi connectivity index (χ0) is 15.4. The number of rotatable bonds is 4. The number of phenolic OH excluding ortho intramolecular Hbond substituents is 1. The van der Waals surface area contributed by atoms with Gasteiger partial charge >= 0.3 is 0 Å². The fourth-order valence-electron chi connectivity index (χ4n) is 2.09. The number of hydrogen-bond donors (Lipinski definition) is 1. The summed E-state index contributed by atoms with van der Waals surface area (Å²) in [6.07, 6.45) is 0. The van der Waals surface area contributed by atoms with Gasteiger partial charge in [0.05, 0.1) is 12.7 Å². The molecule has 2 rings (SSSR count). The Bertz CT molecular complexity index is 658. The van der Waals surface area contributed by atoms with Gasteiger partial charge in [-0.15, -0.1) is 0 Å². The fraction of sp³-hybridized carbons (Fsp3) is 0.188.